The topological polar surface area (TPSA) is 66.0 Å². The molecular formula is C16H37NO5Si2. The van der Waals surface area contributed by atoms with E-state index in [0.29, 0.717) is 45.4 Å². The number of amides is 1. The lowest BCUT2D eigenvalue weighted by Crippen LogP contribution is -2.46. The monoisotopic (exact) mass is 379 g/mol. The van der Waals surface area contributed by atoms with Crippen LogP contribution >= 0.6 is 0 Å². The Morgan fingerprint density at radius 2 is 1.42 bits per heavy atom. The summed E-state index contributed by atoms with van der Waals surface area (Å²) in [5.41, 5.74) is 0. The van der Waals surface area contributed by atoms with Crippen molar-refractivity contribution in [3.05, 3.63) is 0 Å². The van der Waals surface area contributed by atoms with Gasteiger partial charge in [-0.1, -0.05) is 25.7 Å². The molecule has 0 bridgehead atoms. The predicted octanol–water partition coefficient (Wildman–Crippen LogP) is 3.88. The third kappa shape index (κ3) is 12.0. The summed E-state index contributed by atoms with van der Waals surface area (Å²) in [5, 5.41) is 2.81. The van der Waals surface area contributed by atoms with Gasteiger partial charge in [-0.15, -0.1) is 0 Å². The molecule has 8 heteroatoms. The van der Waals surface area contributed by atoms with Gasteiger partial charge in [-0.25, -0.2) is 4.79 Å². The third-order valence-corrected chi connectivity index (χ3v) is 8.33. The van der Waals surface area contributed by atoms with E-state index in [9.17, 15) is 4.79 Å². The molecule has 0 aromatic rings. The normalized spacial score (nSPS) is 12.2. The summed E-state index contributed by atoms with van der Waals surface area (Å²) in [7, 11) is -3.66. The largest absolute Gasteiger partial charge is 0.501 e. The molecule has 0 aliphatic heterocycles. The zero-order valence-electron chi connectivity index (χ0n) is 16.4. The van der Waals surface area contributed by atoms with Gasteiger partial charge in [-0.05, 0) is 33.6 Å². The number of rotatable bonds is 14. The first-order chi connectivity index (χ1) is 11.3. The molecule has 0 atom stereocenters. The standard InChI is InChI=1S/C16H37NO5Si2/c1-7-20-24(21-8-2,22-9-3)15-11-13-19-16(18)17-12-10-14-23(4,5)6/h7-15H2,1-6H3,(H,17,18). The van der Waals surface area contributed by atoms with Crippen LogP contribution in [0.2, 0.25) is 31.7 Å². The Kier molecular flexibility index (Phi) is 12.7. The van der Waals surface area contributed by atoms with E-state index in [2.05, 4.69) is 25.0 Å². The fourth-order valence-corrected chi connectivity index (χ4v) is 6.13. The van der Waals surface area contributed by atoms with Gasteiger partial charge in [0.15, 0.2) is 0 Å². The zero-order chi connectivity index (χ0) is 18.5. The Morgan fingerprint density at radius 1 is 0.875 bits per heavy atom. The van der Waals surface area contributed by atoms with Gasteiger partial charge in [0.2, 0.25) is 0 Å². The van der Waals surface area contributed by atoms with E-state index >= 15 is 0 Å². The van der Waals surface area contributed by atoms with E-state index in [1.54, 1.807) is 0 Å². The van der Waals surface area contributed by atoms with Crippen molar-refractivity contribution in [2.24, 2.45) is 0 Å². The number of carbonyl (C=O) groups excluding carboxylic acids is 1. The molecule has 0 radical (unpaired) electrons. The molecule has 0 saturated heterocycles. The lowest BCUT2D eigenvalue weighted by Gasteiger charge is -2.28. The number of hydrogen-bond acceptors (Lipinski definition) is 5. The zero-order valence-corrected chi connectivity index (χ0v) is 18.4. The Hall–Kier alpha value is -0.416. The Bertz CT molecular complexity index is 320. The van der Waals surface area contributed by atoms with Crippen molar-refractivity contribution in [2.75, 3.05) is 33.0 Å². The average molecular weight is 380 g/mol. The third-order valence-electron chi connectivity index (χ3n) is 3.33. The number of carbonyl (C=O) groups is 1. The van der Waals surface area contributed by atoms with Crippen LogP contribution < -0.4 is 5.32 Å². The molecular weight excluding hydrogens is 342 g/mol. The van der Waals surface area contributed by atoms with Gasteiger partial charge < -0.3 is 23.3 Å². The summed E-state index contributed by atoms with van der Waals surface area (Å²) < 4.78 is 22.5. The summed E-state index contributed by atoms with van der Waals surface area (Å²) >= 11 is 0. The molecule has 144 valence electrons. The van der Waals surface area contributed by atoms with E-state index < -0.39 is 16.9 Å². The van der Waals surface area contributed by atoms with E-state index in [1.807, 2.05) is 20.8 Å². The van der Waals surface area contributed by atoms with Crippen LogP contribution in [0.4, 0.5) is 4.79 Å². The van der Waals surface area contributed by atoms with Crippen LogP contribution in [-0.2, 0) is 18.0 Å². The molecule has 1 amide bonds. The maximum absolute atomic E-state index is 11.7. The van der Waals surface area contributed by atoms with Gasteiger partial charge in [0.05, 0.1) is 6.61 Å². The Labute approximate surface area is 150 Å². The van der Waals surface area contributed by atoms with Crippen LogP contribution in [0.5, 0.6) is 0 Å². The highest BCUT2D eigenvalue weighted by atomic mass is 28.4. The van der Waals surface area contributed by atoms with Gasteiger partial charge in [-0.3, -0.25) is 0 Å². The number of ether oxygens (including phenoxy) is 1. The van der Waals surface area contributed by atoms with Gasteiger partial charge >= 0.3 is 14.9 Å². The Morgan fingerprint density at radius 3 is 1.88 bits per heavy atom. The van der Waals surface area contributed by atoms with Crippen LogP contribution in [0.3, 0.4) is 0 Å². The molecule has 0 aliphatic carbocycles. The molecule has 24 heavy (non-hydrogen) atoms. The van der Waals surface area contributed by atoms with Crippen molar-refractivity contribution in [3.63, 3.8) is 0 Å². The molecule has 0 spiro atoms. The van der Waals surface area contributed by atoms with Crippen molar-refractivity contribution in [1.29, 1.82) is 0 Å². The van der Waals surface area contributed by atoms with Crippen LogP contribution in [0.25, 0.3) is 0 Å². The van der Waals surface area contributed by atoms with Crippen LogP contribution in [0.1, 0.15) is 33.6 Å². The van der Waals surface area contributed by atoms with Gasteiger partial charge in [0.1, 0.15) is 0 Å². The molecule has 0 unspecified atom stereocenters. The lowest BCUT2D eigenvalue weighted by molar-refractivity contribution is 0.0682. The summed E-state index contributed by atoms with van der Waals surface area (Å²) in [6.45, 7) is 15.5. The summed E-state index contributed by atoms with van der Waals surface area (Å²) in [4.78, 5) is 11.7. The minimum Gasteiger partial charge on any atom is -0.450 e. The molecule has 0 heterocycles. The fourth-order valence-electron chi connectivity index (χ4n) is 2.31. The van der Waals surface area contributed by atoms with Gasteiger partial charge in [-0.2, -0.15) is 0 Å². The summed E-state index contributed by atoms with van der Waals surface area (Å²) in [6.07, 6.45) is 1.34. The fraction of sp³-hybridized carbons (Fsp3) is 0.938. The molecule has 0 aromatic carbocycles. The van der Waals surface area contributed by atoms with E-state index in [-0.39, 0.29) is 6.09 Å². The number of hydrogen-bond donors (Lipinski definition) is 1. The molecule has 0 fully saturated rings. The number of nitrogens with one attached hydrogen (secondary N) is 1. The maximum atomic E-state index is 11.7. The minimum atomic E-state index is -2.63. The highest BCUT2D eigenvalue weighted by Gasteiger charge is 2.39. The van der Waals surface area contributed by atoms with Crippen molar-refractivity contribution in [2.45, 2.75) is 65.3 Å². The average Bonchev–Trinajstić information content (AvgIpc) is 2.48. The minimum absolute atomic E-state index is 0.345. The van der Waals surface area contributed by atoms with Crippen molar-refractivity contribution < 1.29 is 22.8 Å². The number of alkyl carbamates (subject to hydrolysis) is 1. The van der Waals surface area contributed by atoms with Crippen LogP contribution in [0.15, 0.2) is 0 Å². The molecule has 0 aromatic heterocycles. The van der Waals surface area contributed by atoms with E-state index in [1.165, 1.54) is 6.04 Å². The second kappa shape index (κ2) is 12.9. The van der Waals surface area contributed by atoms with E-state index in [4.69, 9.17) is 18.0 Å². The molecule has 1 N–H and O–H groups in total. The van der Waals surface area contributed by atoms with Crippen molar-refractivity contribution in [3.8, 4) is 0 Å². The molecule has 6 nitrogen and oxygen atoms in total. The van der Waals surface area contributed by atoms with Crippen molar-refractivity contribution in [1.82, 2.24) is 5.32 Å². The van der Waals surface area contributed by atoms with Crippen LogP contribution in [-0.4, -0.2) is 55.9 Å². The maximum Gasteiger partial charge on any atom is 0.501 e. The molecule has 0 aliphatic rings. The Balaban J connectivity index is 4.00. The first-order valence-electron chi connectivity index (χ1n) is 9.11. The van der Waals surface area contributed by atoms with Crippen molar-refractivity contribution >= 4 is 23.0 Å². The van der Waals surface area contributed by atoms with E-state index in [0.717, 1.165) is 6.42 Å². The second-order valence-corrected chi connectivity index (χ2v) is 15.2. The van der Waals surface area contributed by atoms with Crippen LogP contribution in [0, 0.1) is 0 Å². The van der Waals surface area contributed by atoms with Gasteiger partial charge in [0, 0.05) is 40.5 Å². The summed E-state index contributed by atoms with van der Waals surface area (Å²) in [6, 6.07) is 1.86. The summed E-state index contributed by atoms with van der Waals surface area (Å²) in [5.74, 6) is 0. The second-order valence-electron chi connectivity index (χ2n) is 6.81. The predicted molar refractivity (Wildman–Crippen MR) is 102 cm³/mol. The first kappa shape index (κ1) is 23.6. The SMILES string of the molecule is CCO[Si](CCCOC(=O)NCCC[Si](C)(C)C)(OCC)OCC. The highest BCUT2D eigenvalue weighted by Crippen LogP contribution is 2.18. The smallest absolute Gasteiger partial charge is 0.450 e. The highest BCUT2D eigenvalue weighted by molar-refractivity contribution is 6.76. The molecule has 0 rings (SSSR count). The first-order valence-corrected chi connectivity index (χ1v) is 14.7. The van der Waals surface area contributed by atoms with Gasteiger partial charge in [0.25, 0.3) is 0 Å². The molecule has 0 saturated carbocycles. The quantitative estimate of drug-likeness (QED) is 0.366. The lowest BCUT2D eigenvalue weighted by atomic mass is 10.5.